The largest absolute Gasteiger partial charge is 0.375 e. The van der Waals surface area contributed by atoms with Gasteiger partial charge in [0.1, 0.15) is 6.04 Å². The molecule has 0 radical (unpaired) electrons. The van der Waals surface area contributed by atoms with E-state index in [9.17, 15) is 14.4 Å². The van der Waals surface area contributed by atoms with E-state index in [1.807, 2.05) is 6.92 Å². The Hall–Kier alpha value is -1.23. The standard InChI is InChI=1S/C10H13NO4/c1-2-15-7-5-6(12)10(7)11-8(13)3-4-9(11)14/h7,10H,2-5H2,1H3/t7-,10-/m1/s1. The molecule has 1 aliphatic carbocycles. The SMILES string of the molecule is CCO[C@@H]1CC(=O)[C@H]1N1C(=O)CCC1=O. The number of ether oxygens (including phenoxy) is 1. The van der Waals surface area contributed by atoms with Gasteiger partial charge >= 0.3 is 0 Å². The van der Waals surface area contributed by atoms with E-state index in [1.165, 1.54) is 0 Å². The number of ketones is 1. The summed E-state index contributed by atoms with van der Waals surface area (Å²) in [6.07, 6.45) is 0.479. The van der Waals surface area contributed by atoms with Crippen molar-refractivity contribution in [3.63, 3.8) is 0 Å². The van der Waals surface area contributed by atoms with Crippen LogP contribution in [0.2, 0.25) is 0 Å². The van der Waals surface area contributed by atoms with Crippen molar-refractivity contribution < 1.29 is 19.1 Å². The first kappa shape index (κ1) is 10.3. The summed E-state index contributed by atoms with van der Waals surface area (Å²) in [5, 5.41) is 0. The molecule has 2 fully saturated rings. The van der Waals surface area contributed by atoms with Gasteiger partial charge in [-0.3, -0.25) is 19.3 Å². The van der Waals surface area contributed by atoms with Crippen LogP contribution in [0, 0.1) is 0 Å². The van der Waals surface area contributed by atoms with Crippen molar-refractivity contribution in [1.29, 1.82) is 0 Å². The van der Waals surface area contributed by atoms with E-state index in [0.717, 1.165) is 4.90 Å². The monoisotopic (exact) mass is 211 g/mol. The van der Waals surface area contributed by atoms with Gasteiger partial charge in [-0.1, -0.05) is 0 Å². The lowest BCUT2D eigenvalue weighted by atomic mass is 9.86. The summed E-state index contributed by atoms with van der Waals surface area (Å²) in [5.41, 5.74) is 0. The first-order valence-corrected chi connectivity index (χ1v) is 5.14. The van der Waals surface area contributed by atoms with Crippen LogP contribution in [-0.4, -0.2) is 41.3 Å². The van der Waals surface area contributed by atoms with Crippen molar-refractivity contribution in [2.45, 2.75) is 38.3 Å². The molecule has 0 spiro atoms. The smallest absolute Gasteiger partial charge is 0.230 e. The lowest BCUT2D eigenvalue weighted by molar-refractivity contribution is -0.162. The molecule has 82 valence electrons. The molecule has 0 aromatic carbocycles. The number of nitrogens with zero attached hydrogens (tertiary/aromatic N) is 1. The fraction of sp³-hybridized carbons (Fsp3) is 0.700. The highest BCUT2D eigenvalue weighted by molar-refractivity contribution is 6.07. The Balaban J connectivity index is 2.11. The third-order valence-corrected chi connectivity index (χ3v) is 2.83. The first-order valence-electron chi connectivity index (χ1n) is 5.14. The second kappa shape index (κ2) is 3.73. The predicted octanol–water partition coefficient (Wildman–Crippen LogP) is -0.118. The van der Waals surface area contributed by atoms with Crippen LogP contribution >= 0.6 is 0 Å². The molecule has 2 atom stereocenters. The van der Waals surface area contributed by atoms with Gasteiger partial charge in [0.2, 0.25) is 11.8 Å². The lowest BCUT2D eigenvalue weighted by Gasteiger charge is -2.39. The minimum absolute atomic E-state index is 0.0722. The highest BCUT2D eigenvalue weighted by Crippen LogP contribution is 2.29. The molecule has 2 amide bonds. The number of likely N-dealkylation sites (tertiary alicyclic amines) is 1. The van der Waals surface area contributed by atoms with Crippen molar-refractivity contribution in [2.75, 3.05) is 6.61 Å². The molecule has 0 unspecified atom stereocenters. The highest BCUT2D eigenvalue weighted by Gasteiger charge is 2.50. The van der Waals surface area contributed by atoms with Gasteiger partial charge in [0, 0.05) is 25.9 Å². The summed E-state index contributed by atoms with van der Waals surface area (Å²) in [5.74, 6) is -0.567. The number of amides is 2. The van der Waals surface area contributed by atoms with E-state index >= 15 is 0 Å². The van der Waals surface area contributed by atoms with E-state index in [0.29, 0.717) is 13.0 Å². The molecule has 1 saturated carbocycles. The highest BCUT2D eigenvalue weighted by atomic mass is 16.5. The molecule has 0 aromatic rings. The molecule has 0 aromatic heterocycles. The Morgan fingerprint density at radius 2 is 1.87 bits per heavy atom. The third-order valence-electron chi connectivity index (χ3n) is 2.83. The van der Waals surface area contributed by atoms with Crippen LogP contribution in [0.5, 0.6) is 0 Å². The van der Waals surface area contributed by atoms with Gasteiger partial charge in [0.15, 0.2) is 5.78 Å². The summed E-state index contributed by atoms with van der Waals surface area (Å²) in [6, 6.07) is -0.646. The van der Waals surface area contributed by atoms with E-state index in [-0.39, 0.29) is 36.5 Å². The Bertz CT molecular complexity index is 309. The zero-order chi connectivity index (χ0) is 11.0. The zero-order valence-corrected chi connectivity index (χ0v) is 8.56. The summed E-state index contributed by atoms with van der Waals surface area (Å²) in [6.45, 7) is 2.32. The molecular weight excluding hydrogens is 198 g/mol. The third kappa shape index (κ3) is 1.56. The number of imide groups is 1. The zero-order valence-electron chi connectivity index (χ0n) is 8.56. The molecule has 5 heteroatoms. The quantitative estimate of drug-likeness (QED) is 0.610. The summed E-state index contributed by atoms with van der Waals surface area (Å²) < 4.78 is 5.30. The maximum absolute atomic E-state index is 11.4. The van der Waals surface area contributed by atoms with Crippen LogP contribution in [0.4, 0.5) is 0 Å². The van der Waals surface area contributed by atoms with Crippen molar-refractivity contribution >= 4 is 17.6 Å². The molecule has 5 nitrogen and oxygen atoms in total. The van der Waals surface area contributed by atoms with Crippen LogP contribution in [0.1, 0.15) is 26.2 Å². The van der Waals surface area contributed by atoms with Gasteiger partial charge < -0.3 is 4.74 Å². The number of Topliss-reactive ketones (excluding diaryl/α,β-unsaturated/α-hetero) is 1. The van der Waals surface area contributed by atoms with Crippen LogP contribution in [0.15, 0.2) is 0 Å². The number of carbonyl (C=O) groups excluding carboxylic acids is 3. The number of hydrogen-bond donors (Lipinski definition) is 0. The molecule has 1 aliphatic heterocycles. The minimum atomic E-state index is -0.646. The second-order valence-corrected chi connectivity index (χ2v) is 3.77. The molecule has 0 bridgehead atoms. The molecule has 15 heavy (non-hydrogen) atoms. The molecule has 0 N–H and O–H groups in total. The lowest BCUT2D eigenvalue weighted by Crippen LogP contribution is -2.60. The van der Waals surface area contributed by atoms with Crippen molar-refractivity contribution in [2.24, 2.45) is 0 Å². The fourth-order valence-electron chi connectivity index (χ4n) is 2.06. The summed E-state index contributed by atoms with van der Waals surface area (Å²) in [7, 11) is 0. The molecule has 1 heterocycles. The molecule has 1 saturated heterocycles. The predicted molar refractivity (Wildman–Crippen MR) is 49.9 cm³/mol. The summed E-state index contributed by atoms with van der Waals surface area (Å²) >= 11 is 0. The maximum atomic E-state index is 11.4. The van der Waals surface area contributed by atoms with Crippen LogP contribution in [0.3, 0.4) is 0 Å². The minimum Gasteiger partial charge on any atom is -0.375 e. The summed E-state index contributed by atoms with van der Waals surface area (Å²) in [4.78, 5) is 35.3. The first-order chi connectivity index (χ1) is 7.15. The van der Waals surface area contributed by atoms with Gasteiger partial charge in [-0.25, -0.2) is 0 Å². The van der Waals surface area contributed by atoms with Crippen LogP contribution < -0.4 is 0 Å². The number of rotatable bonds is 3. The topological polar surface area (TPSA) is 63.7 Å². The Morgan fingerprint density at radius 3 is 2.33 bits per heavy atom. The van der Waals surface area contributed by atoms with Crippen molar-refractivity contribution in [1.82, 2.24) is 4.90 Å². The van der Waals surface area contributed by atoms with Gasteiger partial charge in [-0.2, -0.15) is 0 Å². The van der Waals surface area contributed by atoms with Gasteiger partial charge in [0.25, 0.3) is 0 Å². The molecule has 2 rings (SSSR count). The fourth-order valence-corrected chi connectivity index (χ4v) is 2.06. The van der Waals surface area contributed by atoms with E-state index in [2.05, 4.69) is 0 Å². The van der Waals surface area contributed by atoms with E-state index < -0.39 is 6.04 Å². The second-order valence-electron chi connectivity index (χ2n) is 3.77. The Morgan fingerprint density at radius 1 is 1.27 bits per heavy atom. The maximum Gasteiger partial charge on any atom is 0.230 e. The Kier molecular flexibility index (Phi) is 2.56. The number of carbonyl (C=O) groups is 3. The molecular formula is C10H13NO4. The van der Waals surface area contributed by atoms with E-state index in [1.54, 1.807) is 0 Å². The number of hydrogen-bond acceptors (Lipinski definition) is 4. The van der Waals surface area contributed by atoms with Gasteiger partial charge in [0.05, 0.1) is 6.10 Å². The molecule has 2 aliphatic rings. The average Bonchev–Trinajstić information content (AvgIpc) is 2.49. The Labute approximate surface area is 87.4 Å². The normalized spacial score (nSPS) is 31.0. The van der Waals surface area contributed by atoms with Crippen LogP contribution in [0.25, 0.3) is 0 Å². The van der Waals surface area contributed by atoms with Crippen LogP contribution in [-0.2, 0) is 19.1 Å². The van der Waals surface area contributed by atoms with Gasteiger partial charge in [-0.05, 0) is 6.92 Å². The van der Waals surface area contributed by atoms with Crippen molar-refractivity contribution in [3.8, 4) is 0 Å². The van der Waals surface area contributed by atoms with Gasteiger partial charge in [-0.15, -0.1) is 0 Å². The van der Waals surface area contributed by atoms with E-state index in [4.69, 9.17) is 4.74 Å². The average molecular weight is 211 g/mol. The van der Waals surface area contributed by atoms with Crippen molar-refractivity contribution in [3.05, 3.63) is 0 Å².